The number of benzene rings is 1. The van der Waals surface area contributed by atoms with Crippen LogP contribution in [0.25, 0.3) is 10.9 Å². The van der Waals surface area contributed by atoms with Crippen molar-refractivity contribution in [3.05, 3.63) is 23.9 Å². The first-order chi connectivity index (χ1) is 16.3. The number of ether oxygens (including phenoxy) is 3. The Morgan fingerprint density at radius 1 is 1.06 bits per heavy atom. The van der Waals surface area contributed by atoms with Crippen molar-refractivity contribution in [1.29, 1.82) is 0 Å². The smallest absolute Gasteiger partial charge is 0.225 e. The average Bonchev–Trinajstić information content (AvgIpc) is 3.19. The van der Waals surface area contributed by atoms with Crippen LogP contribution < -0.4 is 20.1 Å². The monoisotopic (exact) mass is 468 g/mol. The summed E-state index contributed by atoms with van der Waals surface area (Å²) in [6, 6.07) is 5.84. The summed E-state index contributed by atoms with van der Waals surface area (Å²) in [5, 5.41) is 12.3. The summed E-state index contributed by atoms with van der Waals surface area (Å²) in [6.07, 6.45) is 3.29. The first-order valence-corrected chi connectivity index (χ1v) is 11.9. The van der Waals surface area contributed by atoms with E-state index < -0.39 is 0 Å². The Bertz CT molecular complexity index is 1130. The summed E-state index contributed by atoms with van der Waals surface area (Å²) in [6.45, 7) is 9.03. The minimum Gasteiger partial charge on any atom is -0.493 e. The number of rotatable bonds is 8. The second-order valence-electron chi connectivity index (χ2n) is 9.80. The Labute approximate surface area is 201 Å². The second kappa shape index (κ2) is 10.0. The van der Waals surface area contributed by atoms with E-state index in [4.69, 9.17) is 24.2 Å². The molecule has 0 bridgehead atoms. The molecule has 1 aromatic carbocycles. The Hall–Kier alpha value is -3.07. The van der Waals surface area contributed by atoms with Crippen molar-refractivity contribution in [3.63, 3.8) is 0 Å². The molecule has 2 N–H and O–H groups in total. The summed E-state index contributed by atoms with van der Waals surface area (Å²) in [5.74, 6) is 3.89. The van der Waals surface area contributed by atoms with Crippen LogP contribution in [0.1, 0.15) is 45.7 Å². The highest BCUT2D eigenvalue weighted by molar-refractivity contribution is 5.94. The van der Waals surface area contributed by atoms with Gasteiger partial charge in [0.2, 0.25) is 5.95 Å². The van der Waals surface area contributed by atoms with Crippen molar-refractivity contribution >= 4 is 28.5 Å². The van der Waals surface area contributed by atoms with Crippen molar-refractivity contribution in [2.24, 2.45) is 13.0 Å². The summed E-state index contributed by atoms with van der Waals surface area (Å²) in [4.78, 5) is 9.57. The minimum absolute atomic E-state index is 0.0249. The van der Waals surface area contributed by atoms with Crippen LogP contribution in [0.2, 0.25) is 0 Å². The molecule has 0 radical (unpaired) electrons. The molecule has 0 saturated carbocycles. The molecule has 0 aliphatic carbocycles. The fraction of sp³-hybridized carbons (Fsp3) is 0.560. The van der Waals surface area contributed by atoms with Gasteiger partial charge in [0.25, 0.3) is 0 Å². The van der Waals surface area contributed by atoms with Crippen molar-refractivity contribution in [3.8, 4) is 11.5 Å². The highest BCUT2D eigenvalue weighted by Crippen LogP contribution is 2.36. The van der Waals surface area contributed by atoms with E-state index in [1.165, 1.54) is 0 Å². The van der Waals surface area contributed by atoms with Crippen LogP contribution in [-0.2, 0) is 17.2 Å². The first kappa shape index (κ1) is 24.1. The predicted molar refractivity (Wildman–Crippen MR) is 134 cm³/mol. The number of hydrogen-bond acceptors (Lipinski definition) is 8. The Morgan fingerprint density at radius 3 is 2.41 bits per heavy atom. The highest BCUT2D eigenvalue weighted by Gasteiger charge is 2.21. The maximum Gasteiger partial charge on any atom is 0.225 e. The third kappa shape index (κ3) is 5.35. The molecule has 2 aromatic heterocycles. The number of fused-ring (bicyclic) bond motifs is 1. The van der Waals surface area contributed by atoms with Gasteiger partial charge in [-0.2, -0.15) is 10.1 Å². The first-order valence-electron chi connectivity index (χ1n) is 11.9. The lowest BCUT2D eigenvalue weighted by molar-refractivity contribution is 0.0649. The lowest BCUT2D eigenvalue weighted by Crippen LogP contribution is -2.19. The molecular formula is C25H36N6O3. The molecule has 184 valence electrons. The van der Waals surface area contributed by atoms with E-state index in [0.717, 1.165) is 61.4 Å². The van der Waals surface area contributed by atoms with E-state index in [1.54, 1.807) is 14.2 Å². The molecule has 1 aliphatic rings. The molecule has 3 aromatic rings. The second-order valence-corrected chi connectivity index (χ2v) is 9.80. The number of methoxy groups -OCH3 is 2. The molecule has 9 nitrogen and oxygen atoms in total. The van der Waals surface area contributed by atoms with E-state index in [2.05, 4.69) is 42.6 Å². The van der Waals surface area contributed by atoms with Gasteiger partial charge in [-0.15, -0.1) is 0 Å². The van der Waals surface area contributed by atoms with Crippen LogP contribution in [0, 0.1) is 5.92 Å². The molecule has 3 heterocycles. The molecule has 9 heteroatoms. The molecule has 1 saturated heterocycles. The maximum absolute atomic E-state index is 5.53. The van der Waals surface area contributed by atoms with Crippen molar-refractivity contribution < 1.29 is 14.2 Å². The fourth-order valence-corrected chi connectivity index (χ4v) is 4.40. The number of nitrogens with zero attached hydrogens (tertiary/aromatic N) is 4. The largest absolute Gasteiger partial charge is 0.493 e. The molecule has 0 unspecified atom stereocenters. The third-order valence-corrected chi connectivity index (χ3v) is 6.27. The van der Waals surface area contributed by atoms with Gasteiger partial charge in [0.05, 0.1) is 19.7 Å². The molecular weight excluding hydrogens is 432 g/mol. The van der Waals surface area contributed by atoms with E-state index in [9.17, 15) is 0 Å². The highest BCUT2D eigenvalue weighted by atomic mass is 16.5. The third-order valence-electron chi connectivity index (χ3n) is 6.27. The molecule has 1 fully saturated rings. The van der Waals surface area contributed by atoms with Gasteiger partial charge in [-0.25, -0.2) is 4.98 Å². The Kier molecular flexibility index (Phi) is 7.11. The van der Waals surface area contributed by atoms with Crippen LogP contribution >= 0.6 is 0 Å². The summed E-state index contributed by atoms with van der Waals surface area (Å²) in [5.41, 5.74) is 1.86. The van der Waals surface area contributed by atoms with Crippen LogP contribution in [0.3, 0.4) is 0 Å². The average molecular weight is 469 g/mol. The van der Waals surface area contributed by atoms with Crippen LogP contribution in [0.4, 0.5) is 17.6 Å². The van der Waals surface area contributed by atoms with Gasteiger partial charge in [0.15, 0.2) is 17.3 Å². The van der Waals surface area contributed by atoms with Crippen LogP contribution in [-0.4, -0.2) is 53.7 Å². The number of anilines is 3. The van der Waals surface area contributed by atoms with Gasteiger partial charge < -0.3 is 24.8 Å². The van der Waals surface area contributed by atoms with Crippen LogP contribution in [0.5, 0.6) is 11.5 Å². The van der Waals surface area contributed by atoms with Gasteiger partial charge in [0, 0.05) is 55.4 Å². The normalized spacial score (nSPS) is 14.9. The van der Waals surface area contributed by atoms with E-state index in [0.29, 0.717) is 29.2 Å². The minimum atomic E-state index is -0.0249. The van der Waals surface area contributed by atoms with Gasteiger partial charge in [0.1, 0.15) is 5.82 Å². The number of nitrogens with one attached hydrogen (secondary N) is 2. The van der Waals surface area contributed by atoms with E-state index in [-0.39, 0.29) is 5.41 Å². The molecule has 0 amide bonds. The van der Waals surface area contributed by atoms with Crippen LogP contribution in [0.15, 0.2) is 18.2 Å². The SMILES string of the molecule is COc1cc2nc(NCCC3CCOCC3)nc(Nc3cc(C(C)(C)C)n(C)n3)c2cc1OC. The van der Waals surface area contributed by atoms with Gasteiger partial charge >= 0.3 is 0 Å². The van der Waals surface area contributed by atoms with E-state index in [1.807, 2.05) is 23.9 Å². The number of aromatic nitrogens is 4. The number of hydrogen-bond donors (Lipinski definition) is 2. The summed E-state index contributed by atoms with van der Waals surface area (Å²) < 4.78 is 18.4. The quantitative estimate of drug-likeness (QED) is 0.493. The van der Waals surface area contributed by atoms with Crippen molar-refractivity contribution in [2.75, 3.05) is 44.6 Å². The van der Waals surface area contributed by atoms with Gasteiger partial charge in [-0.3, -0.25) is 4.68 Å². The molecule has 0 spiro atoms. The Morgan fingerprint density at radius 2 is 1.76 bits per heavy atom. The van der Waals surface area contributed by atoms with Crippen molar-refractivity contribution in [1.82, 2.24) is 19.7 Å². The predicted octanol–water partition coefficient (Wildman–Crippen LogP) is 4.65. The Balaban J connectivity index is 1.66. The summed E-state index contributed by atoms with van der Waals surface area (Å²) >= 11 is 0. The van der Waals surface area contributed by atoms with Gasteiger partial charge in [-0.1, -0.05) is 20.8 Å². The summed E-state index contributed by atoms with van der Waals surface area (Å²) in [7, 11) is 5.21. The molecule has 0 atom stereocenters. The number of aryl methyl sites for hydroxylation is 1. The maximum atomic E-state index is 5.53. The molecule has 4 rings (SSSR count). The molecule has 34 heavy (non-hydrogen) atoms. The molecule has 1 aliphatic heterocycles. The standard InChI is InChI=1S/C25H36N6O3/c1-25(2,3)21-15-22(30-31(21)4)28-23-17-13-19(32-5)20(33-6)14-18(17)27-24(29-23)26-10-7-16-8-11-34-12-9-16/h13-16H,7-12H2,1-6H3,(H2,26,27,28,29,30). The lowest BCUT2D eigenvalue weighted by atomic mass is 9.92. The zero-order chi connectivity index (χ0) is 24.3. The van der Waals surface area contributed by atoms with E-state index >= 15 is 0 Å². The fourth-order valence-electron chi connectivity index (χ4n) is 4.40. The zero-order valence-corrected chi connectivity index (χ0v) is 21.1. The lowest BCUT2D eigenvalue weighted by Gasteiger charge is -2.22. The van der Waals surface area contributed by atoms with Crippen molar-refractivity contribution in [2.45, 2.75) is 45.4 Å². The zero-order valence-electron chi connectivity index (χ0n) is 21.1. The topological polar surface area (TPSA) is 95.3 Å². The van der Waals surface area contributed by atoms with Gasteiger partial charge in [-0.05, 0) is 31.2 Å².